The Morgan fingerprint density at radius 1 is 1.19 bits per heavy atom. The summed E-state index contributed by atoms with van der Waals surface area (Å²) in [5.41, 5.74) is 0. The molecule has 0 aromatic carbocycles. The van der Waals surface area contributed by atoms with Crippen LogP contribution in [0.15, 0.2) is 0 Å². The van der Waals surface area contributed by atoms with Crippen LogP contribution in [0.4, 0.5) is 12.9 Å². The van der Waals surface area contributed by atoms with E-state index < -0.39 is 13.4 Å². The second kappa shape index (κ2) is 4.93. The Labute approximate surface area is 93.6 Å². The average Bonchev–Trinajstić information content (AvgIpc) is 2.25. The van der Waals surface area contributed by atoms with Gasteiger partial charge in [0.25, 0.3) is 0 Å². The molecule has 1 N–H and O–H groups in total. The third-order valence-corrected chi connectivity index (χ3v) is 3.39. The summed E-state index contributed by atoms with van der Waals surface area (Å²) < 4.78 is 42.1. The van der Waals surface area contributed by atoms with Gasteiger partial charge in [0.05, 0.1) is 38.8 Å². The quantitative estimate of drug-likeness (QED) is 0.659. The van der Waals surface area contributed by atoms with E-state index in [-0.39, 0.29) is 0 Å². The Morgan fingerprint density at radius 2 is 1.94 bits per heavy atom. The maximum absolute atomic E-state index is 12.3. The van der Waals surface area contributed by atoms with Crippen LogP contribution in [0.25, 0.3) is 0 Å². The topological polar surface area (TPSA) is 16.9 Å². The first kappa shape index (κ1) is 12.2. The van der Waals surface area contributed by atoms with E-state index in [0.29, 0.717) is 24.0 Å². The zero-order valence-electron chi connectivity index (χ0n) is 9.30. The van der Waals surface area contributed by atoms with Crippen LogP contribution in [0.3, 0.4) is 0 Å². The summed E-state index contributed by atoms with van der Waals surface area (Å²) in [6.07, 6.45) is 0.229. The summed E-state index contributed by atoms with van der Waals surface area (Å²) in [5, 5.41) is 0. The Bertz CT molecular complexity index is 235. The van der Waals surface area contributed by atoms with Crippen molar-refractivity contribution in [3.05, 3.63) is 0 Å². The highest BCUT2D eigenvalue weighted by Crippen LogP contribution is 2.11. The molecule has 1 unspecified atom stereocenters. The molecule has 0 aromatic heterocycles. The van der Waals surface area contributed by atoms with Gasteiger partial charge in [0.15, 0.2) is 0 Å². The van der Waals surface area contributed by atoms with Crippen molar-refractivity contribution in [2.24, 2.45) is 0 Å². The number of ether oxygens (including phenoxy) is 1. The summed E-state index contributed by atoms with van der Waals surface area (Å²) in [7, 11) is 0. The fourth-order valence-corrected chi connectivity index (χ4v) is 2.40. The van der Waals surface area contributed by atoms with Gasteiger partial charge in [-0.1, -0.05) is 0 Å². The standard InChI is InChI=1S/C9H17BF3N2O/c11-10(12,13)8-14-2-1-3-15(5-4-14)9-6-16-7-9/h9H,1-8H2/q-1/p+1. The molecule has 16 heavy (non-hydrogen) atoms. The van der Waals surface area contributed by atoms with E-state index in [4.69, 9.17) is 4.74 Å². The first-order valence-electron chi connectivity index (χ1n) is 5.91. The van der Waals surface area contributed by atoms with Gasteiger partial charge in [-0.05, 0) is 0 Å². The van der Waals surface area contributed by atoms with Gasteiger partial charge in [-0.3, -0.25) is 4.90 Å². The molecule has 0 bridgehead atoms. The number of nitrogens with zero attached hydrogens (tertiary/aromatic N) is 1. The number of nitrogens with one attached hydrogen (secondary N) is 1. The zero-order chi connectivity index (χ0) is 11.6. The van der Waals surface area contributed by atoms with E-state index in [9.17, 15) is 12.9 Å². The summed E-state index contributed by atoms with van der Waals surface area (Å²) in [5.74, 6) is 0. The van der Waals surface area contributed by atoms with Crippen molar-refractivity contribution in [1.29, 1.82) is 0 Å². The van der Waals surface area contributed by atoms with Gasteiger partial charge in [-0.15, -0.1) is 0 Å². The van der Waals surface area contributed by atoms with Crippen molar-refractivity contribution in [2.75, 3.05) is 45.8 Å². The minimum atomic E-state index is -4.65. The van der Waals surface area contributed by atoms with E-state index in [1.807, 2.05) is 0 Å². The van der Waals surface area contributed by atoms with Crippen molar-refractivity contribution >= 4 is 6.98 Å². The Kier molecular flexibility index (Phi) is 3.76. The molecule has 0 amide bonds. The molecule has 2 aliphatic rings. The van der Waals surface area contributed by atoms with Crippen LogP contribution in [0.1, 0.15) is 6.42 Å². The maximum atomic E-state index is 12.3. The normalized spacial score (nSPS) is 29.8. The summed E-state index contributed by atoms with van der Waals surface area (Å²) in [4.78, 5) is 2.97. The Hall–Kier alpha value is -0.265. The number of hydrogen-bond donors (Lipinski definition) is 1. The molecular formula is C9H18BF3N2O. The molecule has 0 saturated carbocycles. The SMILES string of the molecule is F[B-](F)(F)C[NH+]1CCCN(C2COC2)CC1. The smallest absolute Gasteiger partial charge is 0.445 e. The van der Waals surface area contributed by atoms with Gasteiger partial charge in [0.2, 0.25) is 0 Å². The molecule has 0 spiro atoms. The predicted molar refractivity (Wildman–Crippen MR) is 55.4 cm³/mol. The largest absolute Gasteiger partial charge is 0.531 e. The Balaban J connectivity index is 1.78. The average molecular weight is 238 g/mol. The molecule has 3 nitrogen and oxygen atoms in total. The van der Waals surface area contributed by atoms with Gasteiger partial charge >= 0.3 is 6.98 Å². The third kappa shape index (κ3) is 3.36. The number of hydrogen-bond acceptors (Lipinski definition) is 2. The van der Waals surface area contributed by atoms with Crippen LogP contribution in [0.2, 0.25) is 0 Å². The van der Waals surface area contributed by atoms with Crippen molar-refractivity contribution in [3.63, 3.8) is 0 Å². The Morgan fingerprint density at radius 3 is 2.50 bits per heavy atom. The number of rotatable bonds is 3. The van der Waals surface area contributed by atoms with Crippen LogP contribution in [0, 0.1) is 0 Å². The monoisotopic (exact) mass is 238 g/mol. The molecular weight excluding hydrogens is 220 g/mol. The van der Waals surface area contributed by atoms with Crippen LogP contribution in [0.5, 0.6) is 0 Å². The molecule has 7 heteroatoms. The number of halogens is 3. The van der Waals surface area contributed by atoms with Crippen molar-refractivity contribution in [3.8, 4) is 0 Å². The first-order valence-corrected chi connectivity index (χ1v) is 5.91. The predicted octanol–water partition coefficient (Wildman–Crippen LogP) is -0.638. The second-order valence-corrected chi connectivity index (χ2v) is 4.75. The lowest BCUT2D eigenvalue weighted by molar-refractivity contribution is -0.889. The maximum Gasteiger partial charge on any atom is 0.531 e. The van der Waals surface area contributed by atoms with Crippen LogP contribution in [-0.2, 0) is 4.74 Å². The number of quaternary nitrogens is 1. The minimum Gasteiger partial charge on any atom is -0.445 e. The molecule has 2 heterocycles. The van der Waals surface area contributed by atoms with Crippen LogP contribution >= 0.6 is 0 Å². The lowest BCUT2D eigenvalue weighted by Gasteiger charge is -2.36. The van der Waals surface area contributed by atoms with E-state index >= 15 is 0 Å². The lowest BCUT2D eigenvalue weighted by atomic mass is 9.91. The molecule has 0 aromatic rings. The van der Waals surface area contributed by atoms with Crippen molar-refractivity contribution < 1.29 is 22.6 Å². The van der Waals surface area contributed by atoms with Crippen LogP contribution in [-0.4, -0.2) is 63.8 Å². The van der Waals surface area contributed by atoms with Gasteiger partial charge in [-0.2, -0.15) is 0 Å². The molecule has 0 radical (unpaired) electrons. The van der Waals surface area contributed by atoms with E-state index in [1.54, 1.807) is 0 Å². The minimum absolute atomic E-state index is 0.454. The van der Waals surface area contributed by atoms with Gasteiger partial charge in [0.1, 0.15) is 0 Å². The zero-order valence-corrected chi connectivity index (χ0v) is 9.30. The molecule has 2 rings (SSSR count). The molecule has 0 aliphatic carbocycles. The lowest BCUT2D eigenvalue weighted by Crippen LogP contribution is -3.14. The molecule has 2 aliphatic heterocycles. The van der Waals surface area contributed by atoms with E-state index in [2.05, 4.69) is 4.90 Å². The summed E-state index contributed by atoms with van der Waals surface area (Å²) in [6, 6.07) is 0.454. The van der Waals surface area contributed by atoms with Crippen molar-refractivity contribution in [2.45, 2.75) is 12.5 Å². The van der Waals surface area contributed by atoms with Gasteiger partial charge in [0, 0.05) is 19.5 Å². The highest BCUT2D eigenvalue weighted by atomic mass is 19.4. The second-order valence-electron chi connectivity index (χ2n) is 4.75. The highest BCUT2D eigenvalue weighted by molar-refractivity contribution is 6.58. The fraction of sp³-hybridized carbons (Fsp3) is 1.00. The third-order valence-electron chi connectivity index (χ3n) is 3.39. The fourth-order valence-electron chi connectivity index (χ4n) is 2.40. The highest BCUT2D eigenvalue weighted by Gasteiger charge is 2.33. The van der Waals surface area contributed by atoms with Crippen molar-refractivity contribution in [1.82, 2.24) is 4.90 Å². The van der Waals surface area contributed by atoms with Crippen LogP contribution < -0.4 is 4.90 Å². The van der Waals surface area contributed by atoms with Gasteiger partial charge in [-0.25, -0.2) is 0 Å². The van der Waals surface area contributed by atoms with E-state index in [1.165, 1.54) is 0 Å². The van der Waals surface area contributed by atoms with Gasteiger partial charge < -0.3 is 22.6 Å². The molecule has 2 saturated heterocycles. The molecule has 2 fully saturated rings. The summed E-state index contributed by atoms with van der Waals surface area (Å²) >= 11 is 0. The molecule has 1 atom stereocenters. The summed E-state index contributed by atoms with van der Waals surface area (Å²) in [6.45, 7) is -0.204. The molecule has 94 valence electrons. The van der Waals surface area contributed by atoms with E-state index in [0.717, 1.165) is 32.7 Å². The first-order chi connectivity index (χ1) is 7.54.